The molecule has 0 fully saturated rings. The quantitative estimate of drug-likeness (QED) is 0.545. The van der Waals surface area contributed by atoms with Crippen molar-refractivity contribution in [2.24, 2.45) is 5.92 Å². The van der Waals surface area contributed by atoms with Crippen molar-refractivity contribution in [1.82, 2.24) is 10.3 Å². The van der Waals surface area contributed by atoms with Gasteiger partial charge in [-0.25, -0.2) is 4.98 Å². The van der Waals surface area contributed by atoms with Crippen molar-refractivity contribution in [3.8, 4) is 0 Å². The number of nitrogens with one attached hydrogen (secondary N) is 2. The highest BCUT2D eigenvalue weighted by atomic mass is 32.1. The second kappa shape index (κ2) is 10.7. The molecule has 4 N–H and O–H groups in total. The third-order valence-electron chi connectivity index (χ3n) is 4.84. The van der Waals surface area contributed by atoms with E-state index >= 15 is 0 Å². The first-order chi connectivity index (χ1) is 14.1. The van der Waals surface area contributed by atoms with Crippen LogP contribution in [-0.4, -0.2) is 24.0 Å². The number of hydrogen-bond donors (Lipinski definition) is 3. The number of anilines is 2. The number of nitrogen functional groups attached to an aromatic ring is 1. The third-order valence-corrected chi connectivity index (χ3v) is 5.57. The van der Waals surface area contributed by atoms with E-state index in [9.17, 15) is 4.79 Å². The molecule has 6 heteroatoms. The summed E-state index contributed by atoms with van der Waals surface area (Å²) in [6, 6.07) is 8.01. The lowest BCUT2D eigenvalue weighted by Gasteiger charge is -2.15. The van der Waals surface area contributed by atoms with Gasteiger partial charge in [0.2, 0.25) is 5.91 Å². The number of nitrogens with zero attached hydrogens (tertiary/aromatic N) is 1. The Labute approximate surface area is 176 Å². The normalized spacial score (nSPS) is 14.3. The van der Waals surface area contributed by atoms with Crippen LogP contribution in [-0.2, 0) is 17.6 Å². The van der Waals surface area contributed by atoms with Gasteiger partial charge in [-0.3, -0.25) is 4.79 Å². The fraction of sp³-hybridized carbons (Fsp3) is 0.304. The van der Waals surface area contributed by atoms with Crippen molar-refractivity contribution in [3.05, 3.63) is 76.9 Å². The maximum atomic E-state index is 12.1. The first kappa shape index (κ1) is 21.0. The number of allylic oxidation sites excluding steroid dienone is 5. The molecule has 1 aliphatic rings. The Kier molecular flexibility index (Phi) is 7.78. The number of benzene rings is 1. The SMILES string of the molecule is CC(CNCCc1ccc(NC(=O)Cc2csc(N)n2)cc1)C1=CC=CC=CC1. The van der Waals surface area contributed by atoms with Crippen LogP contribution in [0.25, 0.3) is 0 Å². The van der Waals surface area contributed by atoms with Crippen molar-refractivity contribution >= 4 is 28.1 Å². The zero-order chi connectivity index (χ0) is 20.5. The Morgan fingerprint density at radius 1 is 1.24 bits per heavy atom. The third kappa shape index (κ3) is 7.00. The van der Waals surface area contributed by atoms with Crippen molar-refractivity contribution in [1.29, 1.82) is 0 Å². The van der Waals surface area contributed by atoms with Gasteiger partial charge in [0.25, 0.3) is 0 Å². The van der Waals surface area contributed by atoms with Crippen LogP contribution in [0.1, 0.15) is 24.6 Å². The van der Waals surface area contributed by atoms with Gasteiger partial charge in [0, 0.05) is 17.6 Å². The minimum atomic E-state index is -0.0868. The Morgan fingerprint density at radius 2 is 2.07 bits per heavy atom. The summed E-state index contributed by atoms with van der Waals surface area (Å²) in [6.07, 6.45) is 12.9. The number of rotatable bonds is 9. The molecule has 2 aromatic rings. The van der Waals surface area contributed by atoms with Crippen LogP contribution in [0, 0.1) is 5.92 Å². The smallest absolute Gasteiger partial charge is 0.230 e. The highest BCUT2D eigenvalue weighted by molar-refractivity contribution is 7.13. The van der Waals surface area contributed by atoms with Gasteiger partial charge in [-0.1, -0.05) is 55.0 Å². The molecule has 1 atom stereocenters. The Bertz CT molecular complexity index is 896. The van der Waals surface area contributed by atoms with Crippen LogP contribution < -0.4 is 16.4 Å². The van der Waals surface area contributed by atoms with Crippen molar-refractivity contribution < 1.29 is 4.79 Å². The van der Waals surface area contributed by atoms with E-state index in [1.807, 2.05) is 17.5 Å². The molecule has 152 valence electrons. The van der Waals surface area contributed by atoms with Crippen LogP contribution in [0.4, 0.5) is 10.8 Å². The highest BCUT2D eigenvalue weighted by Gasteiger charge is 2.08. The standard InChI is InChI=1S/C23H28N4OS/c1-17(19-6-4-2-3-5-7-19)15-25-13-12-18-8-10-20(11-9-18)26-22(28)14-21-16-29-23(24)27-21/h2-6,8-11,16-17,25H,7,12-15H2,1H3,(H2,24,27)(H,26,28). The second-order valence-electron chi connectivity index (χ2n) is 7.21. The monoisotopic (exact) mass is 408 g/mol. The molecule has 1 unspecified atom stereocenters. The van der Waals surface area contributed by atoms with Crippen molar-refractivity contribution in [3.63, 3.8) is 0 Å². The fourth-order valence-corrected chi connectivity index (χ4v) is 3.73. The minimum absolute atomic E-state index is 0.0868. The van der Waals surface area contributed by atoms with E-state index in [-0.39, 0.29) is 12.3 Å². The van der Waals surface area contributed by atoms with Crippen LogP contribution in [0.3, 0.4) is 0 Å². The molecule has 3 rings (SSSR count). The first-order valence-electron chi connectivity index (χ1n) is 9.92. The summed E-state index contributed by atoms with van der Waals surface area (Å²) in [5, 5.41) is 8.75. The Morgan fingerprint density at radius 3 is 2.83 bits per heavy atom. The number of carbonyl (C=O) groups excluding carboxylic acids is 1. The zero-order valence-corrected chi connectivity index (χ0v) is 17.5. The average Bonchev–Trinajstić information content (AvgIpc) is 2.95. The van der Waals surface area contributed by atoms with Crippen LogP contribution in [0.5, 0.6) is 0 Å². The van der Waals surface area contributed by atoms with Gasteiger partial charge in [0.1, 0.15) is 0 Å². The lowest BCUT2D eigenvalue weighted by atomic mass is 9.98. The van der Waals surface area contributed by atoms with Crippen LogP contribution >= 0.6 is 11.3 Å². The van der Waals surface area contributed by atoms with E-state index < -0.39 is 0 Å². The molecule has 0 spiro atoms. The average molecular weight is 409 g/mol. The largest absolute Gasteiger partial charge is 0.375 e. The van der Waals surface area contributed by atoms with Crippen LogP contribution in [0.2, 0.25) is 0 Å². The lowest BCUT2D eigenvalue weighted by molar-refractivity contribution is -0.115. The predicted octanol–water partition coefficient (Wildman–Crippen LogP) is 4.12. The fourth-order valence-electron chi connectivity index (χ4n) is 3.17. The van der Waals surface area contributed by atoms with Crippen LogP contribution in [0.15, 0.2) is 65.6 Å². The topological polar surface area (TPSA) is 80.0 Å². The van der Waals surface area contributed by atoms with E-state index in [1.165, 1.54) is 22.5 Å². The molecule has 0 saturated heterocycles. The second-order valence-corrected chi connectivity index (χ2v) is 8.10. The summed E-state index contributed by atoms with van der Waals surface area (Å²) in [7, 11) is 0. The molecule has 0 radical (unpaired) electrons. The number of carbonyl (C=O) groups is 1. The number of thiazole rings is 1. The summed E-state index contributed by atoms with van der Waals surface area (Å²) in [5.74, 6) is 0.435. The summed E-state index contributed by atoms with van der Waals surface area (Å²) in [4.78, 5) is 16.2. The predicted molar refractivity (Wildman–Crippen MR) is 122 cm³/mol. The molecule has 5 nitrogen and oxygen atoms in total. The molecule has 29 heavy (non-hydrogen) atoms. The molecule has 1 aromatic heterocycles. The Hall–Kier alpha value is -2.70. The van der Waals surface area contributed by atoms with Gasteiger partial charge in [-0.05, 0) is 43.0 Å². The molecule has 1 amide bonds. The molecule has 1 aliphatic carbocycles. The number of nitrogens with two attached hydrogens (primary N) is 1. The van der Waals surface area contributed by atoms with Gasteiger partial charge in [-0.2, -0.15) is 0 Å². The van der Waals surface area contributed by atoms with Gasteiger partial charge < -0.3 is 16.4 Å². The van der Waals surface area contributed by atoms with E-state index in [0.29, 0.717) is 16.7 Å². The minimum Gasteiger partial charge on any atom is -0.375 e. The number of aromatic nitrogens is 1. The molecular formula is C23H28N4OS. The molecule has 1 aromatic carbocycles. The number of amides is 1. The van der Waals surface area contributed by atoms with Gasteiger partial charge in [0.05, 0.1) is 12.1 Å². The summed E-state index contributed by atoms with van der Waals surface area (Å²) >= 11 is 1.35. The van der Waals surface area contributed by atoms with Gasteiger partial charge in [0.15, 0.2) is 5.13 Å². The molecule has 0 bridgehead atoms. The van der Waals surface area contributed by atoms with E-state index in [0.717, 1.165) is 31.6 Å². The van der Waals surface area contributed by atoms with Crippen molar-refractivity contribution in [2.45, 2.75) is 26.2 Å². The van der Waals surface area contributed by atoms with Gasteiger partial charge in [-0.15, -0.1) is 11.3 Å². The molecule has 0 aliphatic heterocycles. The summed E-state index contributed by atoms with van der Waals surface area (Å²) in [5.41, 5.74) is 9.80. The maximum Gasteiger partial charge on any atom is 0.230 e. The molecule has 0 saturated carbocycles. The van der Waals surface area contributed by atoms with Crippen molar-refractivity contribution in [2.75, 3.05) is 24.1 Å². The summed E-state index contributed by atoms with van der Waals surface area (Å²) < 4.78 is 0. The highest BCUT2D eigenvalue weighted by Crippen LogP contribution is 2.17. The van der Waals surface area contributed by atoms with Gasteiger partial charge >= 0.3 is 0 Å². The van der Waals surface area contributed by atoms with E-state index in [2.05, 4.69) is 65.1 Å². The zero-order valence-electron chi connectivity index (χ0n) is 16.7. The first-order valence-corrected chi connectivity index (χ1v) is 10.8. The summed E-state index contributed by atoms with van der Waals surface area (Å²) in [6.45, 7) is 4.17. The van der Waals surface area contributed by atoms with E-state index in [1.54, 1.807) is 0 Å². The van der Waals surface area contributed by atoms with E-state index in [4.69, 9.17) is 5.73 Å². The molecular weight excluding hydrogens is 380 g/mol. The lowest BCUT2D eigenvalue weighted by Crippen LogP contribution is -2.24. The molecule has 1 heterocycles. The Balaban J connectivity index is 1.37. The maximum absolute atomic E-state index is 12.1. The number of hydrogen-bond acceptors (Lipinski definition) is 5.